The summed E-state index contributed by atoms with van der Waals surface area (Å²) in [5.41, 5.74) is 6.98. The van der Waals surface area contributed by atoms with Crippen molar-refractivity contribution in [3.8, 4) is 0 Å². The van der Waals surface area contributed by atoms with Crippen molar-refractivity contribution in [1.29, 1.82) is 0 Å². The predicted molar refractivity (Wildman–Crippen MR) is 111 cm³/mol. The molecule has 150 valence electrons. The second-order valence-corrected chi connectivity index (χ2v) is 7.57. The minimum atomic E-state index is 0.222. The Balaban J connectivity index is 1.32. The Kier molecular flexibility index (Phi) is 6.09. The van der Waals surface area contributed by atoms with E-state index in [9.17, 15) is 0 Å². The molecule has 0 spiro atoms. The number of aromatic nitrogens is 3. The SMILES string of the molecule is Nc1nc(CN2CCN(c3ccccc3Cl)CC2)nc(NCC2CCCO2)n1. The molecule has 1 aromatic heterocycles. The normalized spacial score (nSPS) is 20.5. The van der Waals surface area contributed by atoms with Gasteiger partial charge in [0.15, 0.2) is 0 Å². The molecule has 1 aromatic carbocycles. The first-order valence-electron chi connectivity index (χ1n) is 9.75. The van der Waals surface area contributed by atoms with Gasteiger partial charge in [-0.05, 0) is 25.0 Å². The lowest BCUT2D eigenvalue weighted by Crippen LogP contribution is -2.46. The number of rotatable bonds is 6. The number of anilines is 3. The number of piperazine rings is 1. The van der Waals surface area contributed by atoms with Gasteiger partial charge in [-0.25, -0.2) is 0 Å². The van der Waals surface area contributed by atoms with Gasteiger partial charge in [0.05, 0.1) is 23.4 Å². The standard InChI is InChI=1S/C19H26ClN7O/c20-15-5-1-2-6-16(15)27-9-7-26(8-10-27)13-17-23-18(21)25-19(24-17)22-12-14-4-3-11-28-14/h1-2,5-6,14H,3-4,7-13H2,(H3,21,22,23,24,25). The van der Waals surface area contributed by atoms with Crippen LogP contribution in [0.5, 0.6) is 0 Å². The summed E-state index contributed by atoms with van der Waals surface area (Å²) in [6, 6.07) is 7.97. The van der Waals surface area contributed by atoms with Crippen LogP contribution in [0, 0.1) is 0 Å². The number of benzene rings is 1. The van der Waals surface area contributed by atoms with E-state index >= 15 is 0 Å². The molecule has 2 aliphatic heterocycles. The zero-order chi connectivity index (χ0) is 19.3. The number of nitrogens with zero attached hydrogens (tertiary/aromatic N) is 5. The average molecular weight is 404 g/mol. The molecule has 9 heteroatoms. The van der Waals surface area contributed by atoms with Crippen LogP contribution in [0.3, 0.4) is 0 Å². The van der Waals surface area contributed by atoms with E-state index in [4.69, 9.17) is 22.1 Å². The Morgan fingerprint density at radius 2 is 1.96 bits per heavy atom. The first-order chi connectivity index (χ1) is 13.7. The summed E-state index contributed by atoms with van der Waals surface area (Å²) in [6.45, 7) is 5.82. The molecule has 3 heterocycles. The van der Waals surface area contributed by atoms with Gasteiger partial charge < -0.3 is 20.7 Å². The number of nitrogens with one attached hydrogen (secondary N) is 1. The number of nitrogens with two attached hydrogens (primary N) is 1. The molecular formula is C19H26ClN7O. The molecule has 2 aromatic rings. The monoisotopic (exact) mass is 403 g/mol. The largest absolute Gasteiger partial charge is 0.376 e. The number of hydrogen-bond donors (Lipinski definition) is 2. The zero-order valence-electron chi connectivity index (χ0n) is 15.9. The molecule has 0 amide bonds. The summed E-state index contributed by atoms with van der Waals surface area (Å²) in [7, 11) is 0. The first-order valence-corrected chi connectivity index (χ1v) is 10.1. The van der Waals surface area contributed by atoms with Crippen molar-refractivity contribution in [3.05, 3.63) is 35.1 Å². The molecule has 8 nitrogen and oxygen atoms in total. The van der Waals surface area contributed by atoms with Crippen LogP contribution in [0.4, 0.5) is 17.6 Å². The molecule has 2 fully saturated rings. The minimum absolute atomic E-state index is 0.222. The number of hydrogen-bond acceptors (Lipinski definition) is 8. The molecule has 28 heavy (non-hydrogen) atoms. The number of ether oxygens (including phenoxy) is 1. The van der Waals surface area contributed by atoms with Gasteiger partial charge >= 0.3 is 0 Å². The fourth-order valence-corrected chi connectivity index (χ4v) is 3.91. The fourth-order valence-electron chi connectivity index (χ4n) is 3.65. The Hall–Kier alpha value is -2.16. The van der Waals surface area contributed by atoms with Gasteiger partial charge in [0.1, 0.15) is 5.82 Å². The average Bonchev–Trinajstić information content (AvgIpc) is 3.21. The number of halogens is 1. The van der Waals surface area contributed by atoms with Gasteiger partial charge in [0, 0.05) is 39.3 Å². The van der Waals surface area contributed by atoms with E-state index in [1.54, 1.807) is 0 Å². The Bertz CT molecular complexity index is 792. The van der Waals surface area contributed by atoms with Gasteiger partial charge in [-0.2, -0.15) is 15.0 Å². The van der Waals surface area contributed by atoms with Crippen molar-refractivity contribution in [3.63, 3.8) is 0 Å². The summed E-state index contributed by atoms with van der Waals surface area (Å²) in [5, 5.41) is 4.03. The quantitative estimate of drug-likeness (QED) is 0.756. The maximum absolute atomic E-state index is 6.32. The summed E-state index contributed by atoms with van der Waals surface area (Å²) in [6.07, 6.45) is 2.40. The van der Waals surface area contributed by atoms with Crippen molar-refractivity contribution < 1.29 is 4.74 Å². The Morgan fingerprint density at radius 3 is 2.71 bits per heavy atom. The van der Waals surface area contributed by atoms with E-state index in [1.165, 1.54) is 0 Å². The summed E-state index contributed by atoms with van der Waals surface area (Å²) < 4.78 is 5.62. The van der Waals surface area contributed by atoms with Gasteiger partial charge in [-0.15, -0.1) is 0 Å². The molecule has 0 saturated carbocycles. The minimum Gasteiger partial charge on any atom is -0.376 e. The van der Waals surface area contributed by atoms with Crippen molar-refractivity contribution >= 4 is 29.2 Å². The smallest absolute Gasteiger partial charge is 0.227 e. The molecule has 0 radical (unpaired) electrons. The van der Waals surface area contributed by atoms with Gasteiger partial charge in [-0.1, -0.05) is 23.7 Å². The van der Waals surface area contributed by atoms with E-state index in [0.717, 1.165) is 56.3 Å². The maximum atomic E-state index is 6.32. The third-order valence-electron chi connectivity index (χ3n) is 5.14. The van der Waals surface area contributed by atoms with Crippen LogP contribution in [0.25, 0.3) is 0 Å². The van der Waals surface area contributed by atoms with E-state index in [0.29, 0.717) is 24.9 Å². The van der Waals surface area contributed by atoms with Crippen LogP contribution in [0.2, 0.25) is 5.02 Å². The second-order valence-electron chi connectivity index (χ2n) is 7.16. The molecule has 0 bridgehead atoms. The maximum Gasteiger partial charge on any atom is 0.227 e. The number of nitrogen functional groups attached to an aromatic ring is 1. The highest BCUT2D eigenvalue weighted by molar-refractivity contribution is 6.33. The number of para-hydroxylation sites is 1. The summed E-state index contributed by atoms with van der Waals surface area (Å²) >= 11 is 6.32. The van der Waals surface area contributed by atoms with E-state index in [2.05, 4.69) is 36.1 Å². The fraction of sp³-hybridized carbons (Fsp3) is 0.526. The molecule has 2 aliphatic rings. The van der Waals surface area contributed by atoms with Crippen molar-refractivity contribution in [2.24, 2.45) is 0 Å². The molecule has 3 N–H and O–H groups in total. The highest BCUT2D eigenvalue weighted by Crippen LogP contribution is 2.26. The topological polar surface area (TPSA) is 92.4 Å². The van der Waals surface area contributed by atoms with Crippen LogP contribution in [-0.2, 0) is 11.3 Å². The third kappa shape index (κ3) is 4.81. The molecule has 1 atom stereocenters. The lowest BCUT2D eigenvalue weighted by atomic mass is 10.2. The van der Waals surface area contributed by atoms with Crippen LogP contribution >= 0.6 is 11.6 Å². The van der Waals surface area contributed by atoms with Gasteiger partial charge in [0.25, 0.3) is 0 Å². The summed E-state index contributed by atoms with van der Waals surface area (Å²) in [5.74, 6) is 1.45. The van der Waals surface area contributed by atoms with E-state index in [-0.39, 0.29) is 12.1 Å². The highest BCUT2D eigenvalue weighted by Gasteiger charge is 2.20. The zero-order valence-corrected chi connectivity index (χ0v) is 16.6. The van der Waals surface area contributed by atoms with Gasteiger partial charge in [0.2, 0.25) is 11.9 Å². The molecular weight excluding hydrogens is 378 g/mol. The molecule has 4 rings (SSSR count). The van der Waals surface area contributed by atoms with Crippen molar-refractivity contribution in [2.75, 3.05) is 55.3 Å². The van der Waals surface area contributed by atoms with Crippen molar-refractivity contribution in [2.45, 2.75) is 25.5 Å². The van der Waals surface area contributed by atoms with Crippen LogP contribution < -0.4 is 16.0 Å². The first kappa shape index (κ1) is 19.2. The molecule has 0 aliphatic carbocycles. The lowest BCUT2D eigenvalue weighted by molar-refractivity contribution is 0.120. The van der Waals surface area contributed by atoms with Crippen LogP contribution in [0.1, 0.15) is 18.7 Å². The van der Waals surface area contributed by atoms with Gasteiger partial charge in [-0.3, -0.25) is 4.90 Å². The molecule has 1 unspecified atom stereocenters. The third-order valence-corrected chi connectivity index (χ3v) is 5.46. The Morgan fingerprint density at radius 1 is 1.14 bits per heavy atom. The second kappa shape index (κ2) is 8.89. The lowest BCUT2D eigenvalue weighted by Gasteiger charge is -2.36. The van der Waals surface area contributed by atoms with Crippen molar-refractivity contribution in [1.82, 2.24) is 19.9 Å². The van der Waals surface area contributed by atoms with E-state index in [1.807, 2.05) is 18.2 Å². The van der Waals surface area contributed by atoms with Crippen LogP contribution in [-0.4, -0.2) is 65.3 Å². The highest BCUT2D eigenvalue weighted by atomic mass is 35.5. The summed E-state index contributed by atoms with van der Waals surface area (Å²) in [4.78, 5) is 17.7. The Labute approximate surface area is 170 Å². The van der Waals surface area contributed by atoms with E-state index < -0.39 is 0 Å². The molecule has 2 saturated heterocycles. The van der Waals surface area contributed by atoms with Crippen LogP contribution in [0.15, 0.2) is 24.3 Å². The predicted octanol–water partition coefficient (Wildman–Crippen LogP) is 2.02.